The summed E-state index contributed by atoms with van der Waals surface area (Å²) in [6.07, 6.45) is 0.983. The molecule has 1 rings (SSSR count). The quantitative estimate of drug-likeness (QED) is 0.455. The normalized spacial score (nSPS) is 15.1. The van der Waals surface area contributed by atoms with E-state index in [0.717, 1.165) is 21.1 Å². The van der Waals surface area contributed by atoms with Crippen LogP contribution in [0.4, 0.5) is 0 Å². The minimum absolute atomic E-state index is 0.0132. The first-order valence-electron chi connectivity index (χ1n) is 9.18. The second-order valence-corrected chi connectivity index (χ2v) is 10.5. The van der Waals surface area contributed by atoms with E-state index in [2.05, 4.69) is 19.1 Å². The SMILES string of the molecule is CC[CH]([Co][CH2][C](C)([Co][CH2]C(C)(C)C(=O)OCCO)C(=O)OC)c1ccccc1. The van der Waals surface area contributed by atoms with Crippen molar-refractivity contribution < 1.29 is 53.6 Å². The second-order valence-electron chi connectivity index (χ2n) is 7.13. The van der Waals surface area contributed by atoms with Crippen molar-refractivity contribution in [3.63, 3.8) is 0 Å². The summed E-state index contributed by atoms with van der Waals surface area (Å²) in [5.41, 5.74) is 0.520. The van der Waals surface area contributed by atoms with Gasteiger partial charge in [-0.3, -0.25) is 0 Å². The minimum atomic E-state index is -0.745. The van der Waals surface area contributed by atoms with Gasteiger partial charge in [0.1, 0.15) is 0 Å². The Labute approximate surface area is 180 Å². The molecule has 0 heterocycles. The van der Waals surface area contributed by atoms with Crippen LogP contribution in [-0.2, 0) is 48.5 Å². The summed E-state index contributed by atoms with van der Waals surface area (Å²) in [7, 11) is 1.40. The van der Waals surface area contributed by atoms with Crippen molar-refractivity contribution in [1.82, 2.24) is 0 Å². The average molecular weight is 482 g/mol. The van der Waals surface area contributed by atoms with Crippen LogP contribution in [0.25, 0.3) is 0 Å². The van der Waals surface area contributed by atoms with Gasteiger partial charge in [-0.2, -0.15) is 0 Å². The van der Waals surface area contributed by atoms with E-state index in [-0.39, 0.29) is 25.2 Å². The third kappa shape index (κ3) is 7.52. The molecule has 1 aromatic rings. The Morgan fingerprint density at radius 3 is 2.29 bits per heavy atom. The molecule has 0 aliphatic heterocycles. The van der Waals surface area contributed by atoms with Gasteiger partial charge in [0.25, 0.3) is 0 Å². The number of aliphatic hydroxyl groups excluding tert-OH is 1. The number of carbonyl (C=O) groups is 2. The summed E-state index contributed by atoms with van der Waals surface area (Å²) >= 11 is 2.06. The Hall–Kier alpha value is -0.867. The van der Waals surface area contributed by atoms with Crippen molar-refractivity contribution in [2.75, 3.05) is 20.3 Å². The van der Waals surface area contributed by atoms with Crippen molar-refractivity contribution in [3.05, 3.63) is 35.9 Å². The van der Waals surface area contributed by atoms with Crippen molar-refractivity contribution >= 4 is 11.9 Å². The van der Waals surface area contributed by atoms with E-state index in [1.807, 2.05) is 25.1 Å². The van der Waals surface area contributed by atoms with Crippen LogP contribution in [0.1, 0.15) is 44.5 Å². The van der Waals surface area contributed by atoms with Gasteiger partial charge in [0, 0.05) is 0 Å². The number of esters is 2. The number of benzene rings is 1. The van der Waals surface area contributed by atoms with Crippen molar-refractivity contribution in [2.24, 2.45) is 5.41 Å². The van der Waals surface area contributed by atoms with E-state index >= 15 is 0 Å². The standard InChI is InChI=1S/C9H11.C7H13O3.C5H8O2.2Co/c1-2-6-9-7-4-3-5-8-9;1-7(2,3)6(9)10-5-4-8;1-4(2)5(6)7-3;;/h3-8H,2H2,1H3;8H,1,4-5H2,2-3H3;1H2,2-3H3;;. The average Bonchev–Trinajstić information content (AvgIpc) is 2.71. The molecule has 2 unspecified atom stereocenters. The Morgan fingerprint density at radius 2 is 1.75 bits per heavy atom. The molecule has 0 aliphatic rings. The fourth-order valence-corrected chi connectivity index (χ4v) is 5.81. The van der Waals surface area contributed by atoms with Gasteiger partial charge >= 0.3 is 181 Å². The molecule has 0 saturated carbocycles. The molecule has 0 amide bonds. The number of hydrogen-bond donors (Lipinski definition) is 1. The van der Waals surface area contributed by atoms with Crippen LogP contribution in [0.3, 0.4) is 0 Å². The van der Waals surface area contributed by atoms with Crippen molar-refractivity contribution in [2.45, 2.75) is 54.0 Å². The predicted octanol–water partition coefficient (Wildman–Crippen LogP) is 4.05. The van der Waals surface area contributed by atoms with Gasteiger partial charge in [0.15, 0.2) is 0 Å². The number of aliphatic hydroxyl groups is 1. The van der Waals surface area contributed by atoms with Crippen LogP contribution in [0.15, 0.2) is 30.3 Å². The van der Waals surface area contributed by atoms with Gasteiger partial charge in [-0.1, -0.05) is 0 Å². The summed E-state index contributed by atoms with van der Waals surface area (Å²) in [6, 6.07) is 10.3. The number of carbonyl (C=O) groups excluding carboxylic acids is 2. The summed E-state index contributed by atoms with van der Waals surface area (Å²) in [6.45, 7) is 7.44. The molecule has 164 valence electrons. The maximum absolute atomic E-state index is 12.5. The van der Waals surface area contributed by atoms with Gasteiger partial charge in [-0.25, -0.2) is 0 Å². The van der Waals surface area contributed by atoms with Crippen LogP contribution in [0.2, 0.25) is 15.1 Å². The molecule has 0 radical (unpaired) electrons. The molecular weight excluding hydrogens is 450 g/mol. The van der Waals surface area contributed by atoms with Crippen molar-refractivity contribution in [1.29, 1.82) is 0 Å². The Kier molecular flexibility index (Phi) is 10.8. The summed E-state index contributed by atoms with van der Waals surface area (Å²) in [5.74, 6) is -0.630. The maximum atomic E-state index is 12.5. The summed E-state index contributed by atoms with van der Waals surface area (Å²) < 4.78 is 9.44. The zero-order chi connectivity index (χ0) is 21.2. The first kappa shape index (κ1) is 25.2. The Morgan fingerprint density at radius 1 is 1.11 bits per heavy atom. The van der Waals surface area contributed by atoms with E-state index in [0.29, 0.717) is 15.6 Å². The predicted molar refractivity (Wildman–Crippen MR) is 101 cm³/mol. The van der Waals surface area contributed by atoms with Crippen molar-refractivity contribution in [3.8, 4) is 0 Å². The first-order valence-corrected chi connectivity index (χ1v) is 11.8. The molecule has 0 saturated heterocycles. The van der Waals surface area contributed by atoms with E-state index in [1.54, 1.807) is 13.8 Å². The molecule has 1 aromatic carbocycles. The van der Waals surface area contributed by atoms with Crippen LogP contribution in [0, 0.1) is 5.41 Å². The fraction of sp³-hybridized carbons (Fsp3) is 0.619. The molecule has 0 fully saturated rings. The monoisotopic (exact) mass is 482 g/mol. The summed E-state index contributed by atoms with van der Waals surface area (Å²) in [4.78, 5) is 25.1. The molecule has 1 N–H and O–H groups in total. The molecule has 0 spiro atoms. The third-order valence-corrected chi connectivity index (χ3v) is 8.83. The number of methoxy groups -OCH3 is 1. The van der Waals surface area contributed by atoms with Gasteiger partial charge in [0.05, 0.1) is 0 Å². The molecule has 2 atom stereocenters. The van der Waals surface area contributed by atoms with Crippen LogP contribution in [-0.4, -0.2) is 37.4 Å². The molecule has 28 heavy (non-hydrogen) atoms. The van der Waals surface area contributed by atoms with Gasteiger partial charge in [0.2, 0.25) is 0 Å². The topological polar surface area (TPSA) is 72.8 Å². The van der Waals surface area contributed by atoms with Gasteiger partial charge in [-0.15, -0.1) is 0 Å². The van der Waals surface area contributed by atoms with Gasteiger partial charge in [-0.05, 0) is 0 Å². The molecule has 5 nitrogen and oxygen atoms in total. The van der Waals surface area contributed by atoms with E-state index in [1.165, 1.54) is 27.4 Å². The molecular formula is C21H32Co2O5. The molecule has 0 aromatic heterocycles. The second kappa shape index (κ2) is 12.0. The molecule has 0 aliphatic carbocycles. The van der Waals surface area contributed by atoms with E-state index < -0.39 is 9.76 Å². The van der Waals surface area contributed by atoms with Crippen LogP contribution < -0.4 is 0 Å². The number of hydrogen-bond acceptors (Lipinski definition) is 5. The molecule has 7 heteroatoms. The summed E-state index contributed by atoms with van der Waals surface area (Å²) in [5, 5.41) is 9.96. The zero-order valence-corrected chi connectivity index (χ0v) is 19.3. The fourth-order valence-electron chi connectivity index (χ4n) is 2.26. The Bertz CT molecular complexity index is 620. The van der Waals surface area contributed by atoms with Gasteiger partial charge < -0.3 is 0 Å². The Balaban J connectivity index is 2.82. The number of rotatable bonds is 12. The van der Waals surface area contributed by atoms with E-state index in [9.17, 15) is 9.59 Å². The first-order chi connectivity index (χ1) is 13.2. The van der Waals surface area contributed by atoms with Crippen LogP contribution in [0.5, 0.6) is 0 Å². The van der Waals surface area contributed by atoms with E-state index in [4.69, 9.17) is 14.6 Å². The molecule has 0 bridgehead atoms. The van der Waals surface area contributed by atoms with Crippen LogP contribution >= 0.6 is 0 Å². The third-order valence-electron chi connectivity index (χ3n) is 4.03. The number of ether oxygens (including phenoxy) is 2. The zero-order valence-electron chi connectivity index (χ0n) is 17.2.